The van der Waals surface area contributed by atoms with Gasteiger partial charge < -0.3 is 10.6 Å². The first-order valence-corrected chi connectivity index (χ1v) is 7.52. The molecule has 1 unspecified atom stereocenters. The maximum atomic E-state index is 4.26. The van der Waals surface area contributed by atoms with Gasteiger partial charge in [-0.25, -0.2) is 4.98 Å². The Labute approximate surface area is 154 Å². The summed E-state index contributed by atoms with van der Waals surface area (Å²) in [6, 6.07) is 8.56. The van der Waals surface area contributed by atoms with E-state index in [-0.39, 0.29) is 24.0 Å². The fourth-order valence-corrected chi connectivity index (χ4v) is 1.94. The average Bonchev–Trinajstić information content (AvgIpc) is 3.05. The summed E-state index contributed by atoms with van der Waals surface area (Å²) >= 11 is 0. The van der Waals surface area contributed by atoms with Crippen LogP contribution in [-0.2, 0) is 6.54 Å². The van der Waals surface area contributed by atoms with Crippen molar-refractivity contribution in [2.75, 3.05) is 7.05 Å². The van der Waals surface area contributed by atoms with Crippen LogP contribution in [-0.4, -0.2) is 34.2 Å². The van der Waals surface area contributed by atoms with Crippen LogP contribution in [0.5, 0.6) is 0 Å². The molecule has 0 saturated heterocycles. The van der Waals surface area contributed by atoms with Crippen molar-refractivity contribution in [2.24, 2.45) is 10.9 Å². The van der Waals surface area contributed by atoms with Crippen LogP contribution in [0.1, 0.15) is 26.3 Å². The molecule has 0 saturated carbocycles. The first-order chi connectivity index (χ1) is 10.6. The summed E-state index contributed by atoms with van der Waals surface area (Å²) in [5, 5.41) is 13.5. The molecule has 1 atom stereocenters. The number of rotatable bonds is 5. The van der Waals surface area contributed by atoms with Crippen LogP contribution in [0.15, 0.2) is 35.6 Å². The fourth-order valence-electron chi connectivity index (χ4n) is 1.94. The zero-order valence-electron chi connectivity index (χ0n) is 14.0. The molecule has 3 N–H and O–H groups in total. The van der Waals surface area contributed by atoms with Crippen LogP contribution < -0.4 is 10.6 Å². The summed E-state index contributed by atoms with van der Waals surface area (Å²) in [5.74, 6) is 2.14. The number of hydrogen-bond donors (Lipinski definition) is 3. The van der Waals surface area contributed by atoms with Crippen molar-refractivity contribution in [3.8, 4) is 11.4 Å². The quantitative estimate of drug-likeness (QED) is 0.389. The van der Waals surface area contributed by atoms with Gasteiger partial charge >= 0.3 is 0 Å². The van der Waals surface area contributed by atoms with Gasteiger partial charge in [-0.05, 0) is 24.5 Å². The molecule has 2 rings (SSSR count). The number of aromatic nitrogens is 3. The Morgan fingerprint density at radius 1 is 1.30 bits per heavy atom. The van der Waals surface area contributed by atoms with E-state index in [9.17, 15) is 0 Å². The summed E-state index contributed by atoms with van der Waals surface area (Å²) in [7, 11) is 1.79. The van der Waals surface area contributed by atoms with Gasteiger partial charge in [0.2, 0.25) is 0 Å². The number of nitrogens with zero attached hydrogens (tertiary/aromatic N) is 3. The normalized spacial score (nSPS) is 12.7. The van der Waals surface area contributed by atoms with Crippen LogP contribution in [0, 0.1) is 5.92 Å². The Morgan fingerprint density at radius 3 is 2.70 bits per heavy atom. The van der Waals surface area contributed by atoms with Gasteiger partial charge in [0, 0.05) is 25.2 Å². The molecule has 2 aromatic rings. The third kappa shape index (κ3) is 5.81. The molecule has 0 aliphatic carbocycles. The maximum absolute atomic E-state index is 4.26. The summed E-state index contributed by atoms with van der Waals surface area (Å²) < 4.78 is 0. The van der Waals surface area contributed by atoms with E-state index in [1.165, 1.54) is 6.33 Å². The summed E-state index contributed by atoms with van der Waals surface area (Å²) in [6.07, 6.45) is 1.51. The first kappa shape index (κ1) is 19.4. The third-order valence-electron chi connectivity index (χ3n) is 3.66. The molecule has 0 spiro atoms. The van der Waals surface area contributed by atoms with E-state index in [2.05, 4.69) is 63.7 Å². The molecular weight excluding hydrogens is 403 g/mol. The van der Waals surface area contributed by atoms with Gasteiger partial charge in [0.25, 0.3) is 0 Å². The summed E-state index contributed by atoms with van der Waals surface area (Å²) in [4.78, 5) is 8.44. The van der Waals surface area contributed by atoms with E-state index in [0.717, 1.165) is 22.9 Å². The van der Waals surface area contributed by atoms with Crippen molar-refractivity contribution < 1.29 is 0 Å². The van der Waals surface area contributed by atoms with Crippen molar-refractivity contribution in [1.29, 1.82) is 0 Å². The highest BCUT2D eigenvalue weighted by molar-refractivity contribution is 14.0. The first-order valence-electron chi connectivity index (χ1n) is 7.52. The van der Waals surface area contributed by atoms with Crippen LogP contribution in [0.25, 0.3) is 11.4 Å². The number of hydrogen-bond acceptors (Lipinski definition) is 3. The van der Waals surface area contributed by atoms with Gasteiger partial charge in [-0.1, -0.05) is 32.0 Å². The molecule has 0 fully saturated rings. The molecule has 0 amide bonds. The van der Waals surface area contributed by atoms with E-state index in [4.69, 9.17) is 0 Å². The topological polar surface area (TPSA) is 78.0 Å². The van der Waals surface area contributed by atoms with E-state index in [1.807, 2.05) is 12.1 Å². The maximum Gasteiger partial charge on any atom is 0.191 e. The lowest BCUT2D eigenvalue weighted by atomic mass is 10.1. The second-order valence-electron chi connectivity index (χ2n) is 5.64. The minimum atomic E-state index is 0. The van der Waals surface area contributed by atoms with E-state index >= 15 is 0 Å². The largest absolute Gasteiger partial charge is 0.354 e. The standard InChI is InChI=1S/C16H24N6.HI/c1-11(2)12(3)21-16(17-4)18-9-13-6-5-7-14(8-13)15-19-10-20-22-15;/h5-8,10-12H,9H2,1-4H3,(H2,17,18,21)(H,19,20,22);1H. The molecule has 7 heteroatoms. The molecular formula is C16H25IN6. The zero-order valence-corrected chi connectivity index (χ0v) is 16.3. The highest BCUT2D eigenvalue weighted by Crippen LogP contribution is 2.15. The number of benzene rings is 1. The van der Waals surface area contributed by atoms with Crippen molar-refractivity contribution >= 4 is 29.9 Å². The smallest absolute Gasteiger partial charge is 0.191 e. The Balaban J connectivity index is 0.00000264. The number of aromatic amines is 1. The minimum absolute atomic E-state index is 0. The Bertz CT molecular complexity index is 609. The van der Waals surface area contributed by atoms with Gasteiger partial charge in [-0.3, -0.25) is 10.1 Å². The monoisotopic (exact) mass is 428 g/mol. The summed E-state index contributed by atoms with van der Waals surface area (Å²) in [5.41, 5.74) is 2.18. The molecule has 1 heterocycles. The van der Waals surface area contributed by atoms with Crippen molar-refractivity contribution in [2.45, 2.75) is 33.4 Å². The lowest BCUT2D eigenvalue weighted by molar-refractivity contribution is 0.481. The molecule has 1 aromatic heterocycles. The van der Waals surface area contributed by atoms with E-state index in [1.54, 1.807) is 7.05 Å². The van der Waals surface area contributed by atoms with Crippen molar-refractivity contribution in [3.63, 3.8) is 0 Å². The Kier molecular flexibility index (Phi) is 8.01. The minimum Gasteiger partial charge on any atom is -0.354 e. The van der Waals surface area contributed by atoms with Crippen LogP contribution in [0.2, 0.25) is 0 Å². The Morgan fingerprint density at radius 2 is 2.09 bits per heavy atom. The van der Waals surface area contributed by atoms with Gasteiger partial charge in [0.05, 0.1) is 0 Å². The molecule has 0 aliphatic heterocycles. The second kappa shape index (κ2) is 9.49. The third-order valence-corrected chi connectivity index (χ3v) is 3.66. The molecule has 0 bridgehead atoms. The number of H-pyrrole nitrogens is 1. The zero-order chi connectivity index (χ0) is 15.9. The predicted octanol–water partition coefficient (Wildman–Crippen LogP) is 2.80. The molecule has 0 radical (unpaired) electrons. The molecule has 0 aliphatic rings. The van der Waals surface area contributed by atoms with Gasteiger partial charge in [-0.15, -0.1) is 24.0 Å². The molecule has 1 aromatic carbocycles. The van der Waals surface area contributed by atoms with E-state index in [0.29, 0.717) is 18.5 Å². The lowest BCUT2D eigenvalue weighted by Gasteiger charge is -2.20. The van der Waals surface area contributed by atoms with Crippen molar-refractivity contribution in [3.05, 3.63) is 36.2 Å². The second-order valence-corrected chi connectivity index (χ2v) is 5.64. The van der Waals surface area contributed by atoms with Gasteiger partial charge in [0.15, 0.2) is 11.8 Å². The highest BCUT2D eigenvalue weighted by atomic mass is 127. The molecule has 23 heavy (non-hydrogen) atoms. The SMILES string of the molecule is CN=C(NCc1cccc(-c2ncn[nH]2)c1)NC(C)C(C)C.I. The number of guanidine groups is 1. The highest BCUT2D eigenvalue weighted by Gasteiger charge is 2.09. The number of halogens is 1. The van der Waals surface area contributed by atoms with Gasteiger partial charge in [-0.2, -0.15) is 5.10 Å². The average molecular weight is 428 g/mol. The number of aliphatic imine (C=N–C) groups is 1. The van der Waals surface area contributed by atoms with Gasteiger partial charge in [0.1, 0.15) is 6.33 Å². The summed E-state index contributed by atoms with van der Waals surface area (Å²) in [6.45, 7) is 7.23. The molecule has 6 nitrogen and oxygen atoms in total. The van der Waals surface area contributed by atoms with E-state index < -0.39 is 0 Å². The molecule has 126 valence electrons. The fraction of sp³-hybridized carbons (Fsp3) is 0.438. The van der Waals surface area contributed by atoms with Crippen molar-refractivity contribution in [1.82, 2.24) is 25.8 Å². The predicted molar refractivity (Wildman–Crippen MR) is 105 cm³/mol. The number of nitrogens with one attached hydrogen (secondary N) is 3. The lowest BCUT2D eigenvalue weighted by Crippen LogP contribution is -2.43. The van der Waals surface area contributed by atoms with Crippen LogP contribution in [0.4, 0.5) is 0 Å². The Hall–Kier alpha value is -1.64. The van der Waals surface area contributed by atoms with Crippen LogP contribution >= 0.6 is 24.0 Å². The van der Waals surface area contributed by atoms with Crippen LogP contribution in [0.3, 0.4) is 0 Å².